The van der Waals surface area contributed by atoms with E-state index >= 15 is 0 Å². The molecule has 0 aliphatic carbocycles. The molecule has 0 bridgehead atoms. The SMILES string of the molecule is Cc1ccc(NC(=O)c2c(-c3ccc(F)cc3F)noc2C)cc1Cl. The largest absolute Gasteiger partial charge is 0.360 e. The molecule has 128 valence electrons. The van der Waals surface area contributed by atoms with Crippen molar-refractivity contribution >= 4 is 23.2 Å². The number of nitrogens with zero attached hydrogens (tertiary/aromatic N) is 1. The summed E-state index contributed by atoms with van der Waals surface area (Å²) in [5.41, 5.74) is 1.40. The van der Waals surface area contributed by atoms with E-state index in [1.807, 2.05) is 6.92 Å². The Morgan fingerprint density at radius 3 is 2.60 bits per heavy atom. The van der Waals surface area contributed by atoms with Crippen molar-refractivity contribution in [2.45, 2.75) is 13.8 Å². The van der Waals surface area contributed by atoms with E-state index in [0.717, 1.165) is 17.7 Å². The van der Waals surface area contributed by atoms with Crippen molar-refractivity contribution in [3.8, 4) is 11.3 Å². The maximum Gasteiger partial charge on any atom is 0.261 e. The molecule has 1 N–H and O–H groups in total. The van der Waals surface area contributed by atoms with Gasteiger partial charge < -0.3 is 9.84 Å². The summed E-state index contributed by atoms with van der Waals surface area (Å²) in [4.78, 5) is 12.6. The predicted octanol–water partition coefficient (Wildman–Crippen LogP) is 5.14. The molecule has 0 aliphatic heterocycles. The molecule has 0 radical (unpaired) electrons. The van der Waals surface area contributed by atoms with E-state index in [-0.39, 0.29) is 22.6 Å². The second kappa shape index (κ2) is 6.64. The first kappa shape index (κ1) is 17.1. The zero-order chi connectivity index (χ0) is 18.1. The first-order valence-electron chi connectivity index (χ1n) is 7.36. The van der Waals surface area contributed by atoms with Gasteiger partial charge in [0.15, 0.2) is 0 Å². The fraction of sp³-hybridized carbons (Fsp3) is 0.111. The fourth-order valence-corrected chi connectivity index (χ4v) is 2.55. The van der Waals surface area contributed by atoms with E-state index < -0.39 is 17.5 Å². The van der Waals surface area contributed by atoms with Crippen LogP contribution < -0.4 is 5.32 Å². The van der Waals surface area contributed by atoms with Crippen LogP contribution in [0.25, 0.3) is 11.3 Å². The van der Waals surface area contributed by atoms with Crippen LogP contribution in [0.2, 0.25) is 5.02 Å². The van der Waals surface area contributed by atoms with Crippen molar-refractivity contribution < 1.29 is 18.1 Å². The van der Waals surface area contributed by atoms with Crippen LogP contribution in [-0.2, 0) is 0 Å². The van der Waals surface area contributed by atoms with Crippen LogP contribution in [0.3, 0.4) is 0 Å². The summed E-state index contributed by atoms with van der Waals surface area (Å²) in [5, 5.41) is 6.93. The lowest BCUT2D eigenvalue weighted by Crippen LogP contribution is -2.13. The second-order valence-electron chi connectivity index (χ2n) is 5.50. The Morgan fingerprint density at radius 1 is 1.16 bits per heavy atom. The van der Waals surface area contributed by atoms with Gasteiger partial charge in [0, 0.05) is 22.3 Å². The van der Waals surface area contributed by atoms with Gasteiger partial charge in [-0.25, -0.2) is 8.78 Å². The summed E-state index contributed by atoms with van der Waals surface area (Å²) in [6, 6.07) is 8.08. The molecule has 1 heterocycles. The summed E-state index contributed by atoms with van der Waals surface area (Å²) in [6.45, 7) is 3.38. The molecule has 0 saturated carbocycles. The van der Waals surface area contributed by atoms with Crippen LogP contribution in [0.1, 0.15) is 21.7 Å². The number of aromatic nitrogens is 1. The molecule has 1 aromatic heterocycles. The van der Waals surface area contributed by atoms with Gasteiger partial charge in [0.25, 0.3) is 5.91 Å². The maximum atomic E-state index is 14.0. The van der Waals surface area contributed by atoms with E-state index in [4.69, 9.17) is 16.1 Å². The fourth-order valence-electron chi connectivity index (χ4n) is 2.37. The van der Waals surface area contributed by atoms with Crippen LogP contribution in [-0.4, -0.2) is 11.1 Å². The minimum absolute atomic E-state index is 0.00529. The third kappa shape index (κ3) is 3.39. The van der Waals surface area contributed by atoms with E-state index in [9.17, 15) is 13.6 Å². The Balaban J connectivity index is 1.98. The molecule has 0 spiro atoms. The molecule has 0 fully saturated rings. The molecule has 0 atom stereocenters. The van der Waals surface area contributed by atoms with Gasteiger partial charge in [-0.05, 0) is 43.7 Å². The van der Waals surface area contributed by atoms with Crippen molar-refractivity contribution in [3.05, 3.63) is 69.9 Å². The predicted molar refractivity (Wildman–Crippen MR) is 90.7 cm³/mol. The second-order valence-corrected chi connectivity index (χ2v) is 5.91. The van der Waals surface area contributed by atoms with Crippen LogP contribution in [0.15, 0.2) is 40.9 Å². The summed E-state index contributed by atoms with van der Waals surface area (Å²) >= 11 is 6.05. The Bertz CT molecular complexity index is 970. The third-order valence-corrected chi connectivity index (χ3v) is 4.11. The molecule has 1 amide bonds. The van der Waals surface area contributed by atoms with Crippen LogP contribution in [0, 0.1) is 25.5 Å². The van der Waals surface area contributed by atoms with E-state index in [1.165, 1.54) is 13.0 Å². The maximum absolute atomic E-state index is 14.0. The number of hydrogen-bond acceptors (Lipinski definition) is 3. The van der Waals surface area contributed by atoms with Gasteiger partial charge in [-0.1, -0.05) is 22.8 Å². The van der Waals surface area contributed by atoms with Crippen molar-refractivity contribution in [1.82, 2.24) is 5.16 Å². The van der Waals surface area contributed by atoms with Gasteiger partial charge in [-0.3, -0.25) is 4.79 Å². The monoisotopic (exact) mass is 362 g/mol. The molecular weight excluding hydrogens is 350 g/mol. The Hall–Kier alpha value is -2.73. The van der Waals surface area contributed by atoms with Crippen molar-refractivity contribution in [2.24, 2.45) is 0 Å². The summed E-state index contributed by atoms with van der Waals surface area (Å²) < 4.78 is 32.2. The number of halogens is 3. The lowest BCUT2D eigenvalue weighted by molar-refractivity contribution is 0.102. The number of aryl methyl sites for hydroxylation is 2. The first-order valence-corrected chi connectivity index (χ1v) is 7.74. The Kier molecular flexibility index (Phi) is 4.55. The molecular formula is C18H13ClF2N2O2. The van der Waals surface area contributed by atoms with Crippen LogP contribution >= 0.6 is 11.6 Å². The van der Waals surface area contributed by atoms with E-state index in [0.29, 0.717) is 10.7 Å². The highest BCUT2D eigenvalue weighted by Gasteiger charge is 2.24. The number of hydrogen-bond donors (Lipinski definition) is 1. The van der Waals surface area contributed by atoms with E-state index in [1.54, 1.807) is 18.2 Å². The average Bonchev–Trinajstić information content (AvgIpc) is 2.92. The quantitative estimate of drug-likeness (QED) is 0.701. The summed E-state index contributed by atoms with van der Waals surface area (Å²) in [7, 11) is 0. The van der Waals surface area contributed by atoms with Gasteiger partial charge in [-0.2, -0.15) is 0 Å². The van der Waals surface area contributed by atoms with Gasteiger partial charge >= 0.3 is 0 Å². The topological polar surface area (TPSA) is 55.1 Å². The van der Waals surface area contributed by atoms with Gasteiger partial charge in [-0.15, -0.1) is 0 Å². The number of carbonyl (C=O) groups is 1. The normalized spacial score (nSPS) is 10.8. The lowest BCUT2D eigenvalue weighted by atomic mass is 10.0. The van der Waals surface area contributed by atoms with Crippen LogP contribution in [0.5, 0.6) is 0 Å². The standard InChI is InChI=1S/C18H13ClF2N2O2/c1-9-3-5-12(8-14(9)19)22-18(24)16-10(2)25-23-17(16)13-6-4-11(20)7-15(13)21/h3-8H,1-2H3,(H,22,24). The molecule has 0 unspecified atom stereocenters. The number of rotatable bonds is 3. The van der Waals surface area contributed by atoms with Crippen molar-refractivity contribution in [2.75, 3.05) is 5.32 Å². The summed E-state index contributed by atoms with van der Waals surface area (Å²) in [6.07, 6.45) is 0. The molecule has 25 heavy (non-hydrogen) atoms. The zero-order valence-electron chi connectivity index (χ0n) is 13.4. The molecule has 0 aliphatic rings. The highest BCUT2D eigenvalue weighted by atomic mass is 35.5. The summed E-state index contributed by atoms with van der Waals surface area (Å²) in [5.74, 6) is -1.87. The average molecular weight is 363 g/mol. The molecule has 4 nitrogen and oxygen atoms in total. The lowest BCUT2D eigenvalue weighted by Gasteiger charge is -2.08. The first-order chi connectivity index (χ1) is 11.9. The highest BCUT2D eigenvalue weighted by Crippen LogP contribution is 2.29. The van der Waals surface area contributed by atoms with Crippen molar-refractivity contribution in [1.29, 1.82) is 0 Å². The molecule has 7 heteroatoms. The number of anilines is 1. The minimum Gasteiger partial charge on any atom is -0.360 e. The van der Waals surface area contributed by atoms with Gasteiger partial charge in [0.05, 0.1) is 0 Å². The zero-order valence-corrected chi connectivity index (χ0v) is 14.1. The van der Waals surface area contributed by atoms with Crippen LogP contribution in [0.4, 0.5) is 14.5 Å². The minimum atomic E-state index is -0.833. The molecule has 3 aromatic rings. The third-order valence-electron chi connectivity index (χ3n) is 3.71. The van der Waals surface area contributed by atoms with Gasteiger partial charge in [0.1, 0.15) is 28.7 Å². The number of benzene rings is 2. The number of nitrogens with one attached hydrogen (secondary N) is 1. The molecule has 3 rings (SSSR count). The highest BCUT2D eigenvalue weighted by molar-refractivity contribution is 6.31. The van der Waals surface area contributed by atoms with Crippen molar-refractivity contribution in [3.63, 3.8) is 0 Å². The van der Waals surface area contributed by atoms with E-state index in [2.05, 4.69) is 10.5 Å². The number of carbonyl (C=O) groups excluding carboxylic acids is 1. The number of amides is 1. The smallest absolute Gasteiger partial charge is 0.261 e. The molecule has 0 saturated heterocycles. The molecule has 2 aromatic carbocycles. The van der Waals surface area contributed by atoms with Gasteiger partial charge in [0.2, 0.25) is 0 Å². The Morgan fingerprint density at radius 2 is 1.92 bits per heavy atom. The Labute approximate surface area is 147 Å².